The van der Waals surface area contributed by atoms with Gasteiger partial charge in [0.1, 0.15) is 12.9 Å². The third kappa shape index (κ3) is 3.80. The fourth-order valence-electron chi connectivity index (χ4n) is 0.860. The average molecular weight is 230 g/mol. The summed E-state index contributed by atoms with van der Waals surface area (Å²) in [5.41, 5.74) is 5.11. The number of hydroxylamine groups is 1. The summed E-state index contributed by atoms with van der Waals surface area (Å²) in [4.78, 5) is 20.3. The van der Waals surface area contributed by atoms with E-state index in [2.05, 4.69) is 9.36 Å². The normalized spacial score (nSPS) is 12.4. The van der Waals surface area contributed by atoms with Gasteiger partial charge in [0.25, 0.3) is 0 Å². The van der Waals surface area contributed by atoms with Gasteiger partial charge in [0.05, 0.1) is 6.10 Å². The van der Waals surface area contributed by atoms with Crippen LogP contribution in [0.3, 0.4) is 0 Å². The van der Waals surface area contributed by atoms with Gasteiger partial charge in [-0.3, -0.25) is 9.63 Å². The summed E-state index contributed by atoms with van der Waals surface area (Å²) in [5, 5.41) is 1.92. The summed E-state index contributed by atoms with van der Waals surface area (Å²) >= 11 is 1.16. The Morgan fingerprint density at radius 2 is 2.53 bits per heavy atom. The van der Waals surface area contributed by atoms with Gasteiger partial charge in [-0.15, -0.1) is 0 Å². The number of amides is 1. The maximum absolute atomic E-state index is 10.8. The van der Waals surface area contributed by atoms with Crippen LogP contribution in [0.15, 0.2) is 6.33 Å². The number of aromatic nitrogens is 2. The van der Waals surface area contributed by atoms with Gasteiger partial charge in [0.15, 0.2) is 0 Å². The molecule has 15 heavy (non-hydrogen) atoms. The fraction of sp³-hybridized carbons (Fsp3) is 0.625. The highest BCUT2D eigenvalue weighted by Crippen LogP contribution is 2.16. The second kappa shape index (κ2) is 5.62. The lowest BCUT2D eigenvalue weighted by atomic mass is 10.3. The van der Waals surface area contributed by atoms with Crippen molar-refractivity contribution in [1.29, 1.82) is 0 Å². The minimum absolute atomic E-state index is 0.00764. The molecular formula is C8H14N4O2S. The van der Waals surface area contributed by atoms with Crippen molar-refractivity contribution < 1.29 is 9.63 Å². The Hall–Kier alpha value is -1.21. The van der Waals surface area contributed by atoms with Gasteiger partial charge in [-0.1, -0.05) is 6.92 Å². The zero-order valence-electron chi connectivity index (χ0n) is 8.71. The Bertz CT molecular complexity index is 304. The number of carbonyl (C=O) groups is 1. The Kier molecular flexibility index (Phi) is 4.44. The van der Waals surface area contributed by atoms with Crippen LogP contribution in [0.2, 0.25) is 0 Å². The van der Waals surface area contributed by atoms with Gasteiger partial charge < -0.3 is 5.73 Å². The van der Waals surface area contributed by atoms with Crippen molar-refractivity contribution in [2.75, 3.05) is 11.6 Å². The molecule has 1 heterocycles. The number of hydrogen-bond donors (Lipinski definition) is 1. The molecule has 0 bridgehead atoms. The minimum atomic E-state index is -0.464. The average Bonchev–Trinajstić information content (AvgIpc) is 2.68. The largest absolute Gasteiger partial charge is 0.368 e. The van der Waals surface area contributed by atoms with E-state index in [0.717, 1.165) is 18.0 Å². The number of primary amides is 1. The molecule has 0 saturated heterocycles. The zero-order chi connectivity index (χ0) is 11.3. The molecule has 1 aromatic rings. The van der Waals surface area contributed by atoms with Crippen LogP contribution in [0.5, 0.6) is 0 Å². The molecule has 84 valence electrons. The van der Waals surface area contributed by atoms with Crippen molar-refractivity contribution in [1.82, 2.24) is 9.36 Å². The van der Waals surface area contributed by atoms with Gasteiger partial charge in [-0.2, -0.15) is 4.37 Å². The van der Waals surface area contributed by atoms with Crippen molar-refractivity contribution in [3.05, 3.63) is 6.33 Å². The van der Waals surface area contributed by atoms with E-state index >= 15 is 0 Å². The van der Waals surface area contributed by atoms with E-state index in [4.69, 9.17) is 10.6 Å². The summed E-state index contributed by atoms with van der Waals surface area (Å²) in [7, 11) is 0. The van der Waals surface area contributed by atoms with E-state index in [9.17, 15) is 4.79 Å². The third-order valence-corrected chi connectivity index (χ3v) is 2.42. The van der Waals surface area contributed by atoms with E-state index in [0.29, 0.717) is 5.13 Å². The minimum Gasteiger partial charge on any atom is -0.368 e. The highest BCUT2D eigenvalue weighted by atomic mass is 32.1. The Balaban J connectivity index is 2.65. The summed E-state index contributed by atoms with van der Waals surface area (Å²) < 4.78 is 3.84. The molecule has 1 atom stereocenters. The number of nitrogens with zero attached hydrogens (tertiary/aromatic N) is 3. The van der Waals surface area contributed by atoms with Gasteiger partial charge in [-0.05, 0) is 13.3 Å². The predicted molar refractivity (Wildman–Crippen MR) is 57.3 cm³/mol. The second-order valence-electron chi connectivity index (χ2n) is 3.05. The molecule has 0 aliphatic heterocycles. The van der Waals surface area contributed by atoms with Crippen LogP contribution in [0.4, 0.5) is 5.13 Å². The summed E-state index contributed by atoms with van der Waals surface area (Å²) in [6, 6.07) is 0. The van der Waals surface area contributed by atoms with E-state index < -0.39 is 5.91 Å². The van der Waals surface area contributed by atoms with Crippen molar-refractivity contribution >= 4 is 22.6 Å². The molecule has 0 saturated carbocycles. The summed E-state index contributed by atoms with van der Waals surface area (Å²) in [6.07, 6.45) is 2.26. The third-order valence-electron chi connectivity index (χ3n) is 1.74. The molecule has 1 rings (SSSR count). The van der Waals surface area contributed by atoms with Crippen LogP contribution < -0.4 is 10.8 Å². The van der Waals surface area contributed by atoms with E-state index in [1.165, 1.54) is 11.4 Å². The fourth-order valence-corrected chi connectivity index (χ4v) is 1.34. The van der Waals surface area contributed by atoms with E-state index in [1.54, 1.807) is 0 Å². The van der Waals surface area contributed by atoms with E-state index in [-0.39, 0.29) is 12.6 Å². The molecule has 1 amide bonds. The highest BCUT2D eigenvalue weighted by molar-refractivity contribution is 7.09. The first-order valence-electron chi connectivity index (χ1n) is 4.62. The second-order valence-corrected chi connectivity index (χ2v) is 3.81. The summed E-state index contributed by atoms with van der Waals surface area (Å²) in [5.74, 6) is -0.464. The Morgan fingerprint density at radius 1 is 1.80 bits per heavy atom. The summed E-state index contributed by atoms with van der Waals surface area (Å²) in [6.45, 7) is 3.89. The smallest absolute Gasteiger partial charge is 0.239 e. The lowest BCUT2D eigenvalue weighted by Crippen LogP contribution is -2.36. The molecule has 7 heteroatoms. The SMILES string of the molecule is CCC(C)ON(CC(N)=O)c1ncns1. The zero-order valence-corrected chi connectivity index (χ0v) is 9.53. The van der Waals surface area contributed by atoms with E-state index in [1.807, 2.05) is 13.8 Å². The highest BCUT2D eigenvalue weighted by Gasteiger charge is 2.15. The molecule has 0 radical (unpaired) electrons. The predicted octanol–water partition coefficient (Wildman–Crippen LogP) is 0.560. The lowest BCUT2D eigenvalue weighted by molar-refractivity contribution is -0.118. The van der Waals surface area contributed by atoms with Crippen LogP contribution >= 0.6 is 11.5 Å². The molecule has 0 fully saturated rings. The van der Waals surface area contributed by atoms with Gasteiger partial charge >= 0.3 is 0 Å². The van der Waals surface area contributed by atoms with Crippen LogP contribution in [0.25, 0.3) is 0 Å². The molecule has 0 aliphatic rings. The topological polar surface area (TPSA) is 81.3 Å². The maximum Gasteiger partial charge on any atom is 0.239 e. The lowest BCUT2D eigenvalue weighted by Gasteiger charge is -2.22. The first-order valence-corrected chi connectivity index (χ1v) is 5.40. The number of carbonyl (C=O) groups excluding carboxylic acids is 1. The molecule has 0 spiro atoms. The molecule has 1 unspecified atom stereocenters. The number of hydrogen-bond acceptors (Lipinski definition) is 6. The van der Waals surface area contributed by atoms with Gasteiger partial charge in [-0.25, -0.2) is 10.0 Å². The first kappa shape index (κ1) is 11.9. The Labute approximate surface area is 92.2 Å². The molecular weight excluding hydrogens is 216 g/mol. The monoisotopic (exact) mass is 230 g/mol. The molecule has 0 aromatic carbocycles. The van der Waals surface area contributed by atoms with Crippen molar-refractivity contribution in [2.24, 2.45) is 5.73 Å². The van der Waals surface area contributed by atoms with Crippen molar-refractivity contribution in [2.45, 2.75) is 26.4 Å². The first-order chi connectivity index (χ1) is 7.13. The Morgan fingerprint density at radius 3 is 3.00 bits per heavy atom. The maximum atomic E-state index is 10.8. The molecule has 2 N–H and O–H groups in total. The molecule has 1 aromatic heterocycles. The van der Waals surface area contributed by atoms with Crippen molar-refractivity contribution in [3.8, 4) is 0 Å². The number of rotatable bonds is 6. The number of nitrogens with two attached hydrogens (primary N) is 1. The van der Waals surface area contributed by atoms with Crippen LogP contribution in [-0.2, 0) is 9.63 Å². The quantitative estimate of drug-likeness (QED) is 0.722. The molecule has 6 nitrogen and oxygen atoms in total. The van der Waals surface area contributed by atoms with Crippen LogP contribution in [0, 0.1) is 0 Å². The van der Waals surface area contributed by atoms with Gasteiger partial charge in [0, 0.05) is 11.5 Å². The van der Waals surface area contributed by atoms with Crippen molar-refractivity contribution in [3.63, 3.8) is 0 Å². The standard InChI is InChI=1S/C8H14N4O2S/c1-3-6(2)14-12(4-7(9)13)8-10-5-11-15-8/h5-6H,3-4H2,1-2H3,(H2,9,13). The number of anilines is 1. The van der Waals surface area contributed by atoms with Crippen LogP contribution in [0.1, 0.15) is 20.3 Å². The van der Waals surface area contributed by atoms with Crippen LogP contribution in [-0.4, -0.2) is 27.9 Å². The molecule has 0 aliphatic carbocycles. The van der Waals surface area contributed by atoms with Gasteiger partial charge in [0.2, 0.25) is 11.0 Å².